The summed E-state index contributed by atoms with van der Waals surface area (Å²) in [6.45, 7) is 2.15. The van der Waals surface area contributed by atoms with Crippen LogP contribution < -0.4 is 0 Å². The highest BCUT2D eigenvalue weighted by molar-refractivity contribution is 6.17. The fourth-order valence-electron chi connectivity index (χ4n) is 3.61. The van der Waals surface area contributed by atoms with Gasteiger partial charge in [0.05, 0.1) is 0 Å². The lowest BCUT2D eigenvalue weighted by Crippen LogP contribution is -1.82. The number of para-hydroxylation sites is 1. The molecule has 5 rings (SSSR count). The predicted octanol–water partition coefficient (Wildman–Crippen LogP) is 6.71. The van der Waals surface area contributed by atoms with E-state index >= 15 is 0 Å². The van der Waals surface area contributed by atoms with E-state index in [0.717, 1.165) is 16.7 Å². The average molecular weight is 308 g/mol. The topological polar surface area (TPSA) is 13.1 Å². The van der Waals surface area contributed by atoms with Gasteiger partial charge in [-0.25, -0.2) is 0 Å². The highest BCUT2D eigenvalue weighted by Crippen LogP contribution is 2.39. The van der Waals surface area contributed by atoms with Crippen molar-refractivity contribution < 1.29 is 4.42 Å². The predicted molar refractivity (Wildman–Crippen MR) is 101 cm³/mol. The molecule has 0 aliphatic heterocycles. The van der Waals surface area contributed by atoms with Gasteiger partial charge in [-0.2, -0.15) is 0 Å². The summed E-state index contributed by atoms with van der Waals surface area (Å²) >= 11 is 0. The van der Waals surface area contributed by atoms with Crippen LogP contribution in [0.4, 0.5) is 0 Å². The molecule has 0 atom stereocenters. The Balaban J connectivity index is 1.94. The number of rotatable bonds is 1. The zero-order chi connectivity index (χ0) is 16.1. The van der Waals surface area contributed by atoms with E-state index in [1.807, 2.05) is 0 Å². The van der Waals surface area contributed by atoms with Crippen LogP contribution in [0.5, 0.6) is 0 Å². The minimum atomic E-state index is 0.971. The van der Waals surface area contributed by atoms with Crippen LogP contribution in [0.3, 0.4) is 0 Å². The van der Waals surface area contributed by atoms with Crippen molar-refractivity contribution in [3.63, 3.8) is 0 Å². The Morgan fingerprint density at radius 1 is 0.542 bits per heavy atom. The highest BCUT2D eigenvalue weighted by atomic mass is 16.3. The van der Waals surface area contributed by atoms with Crippen LogP contribution in [-0.4, -0.2) is 0 Å². The van der Waals surface area contributed by atoms with Crippen LogP contribution in [0.15, 0.2) is 83.3 Å². The smallest absolute Gasteiger partial charge is 0.143 e. The fourth-order valence-corrected chi connectivity index (χ4v) is 3.61. The molecule has 0 bridgehead atoms. The number of benzene rings is 4. The minimum absolute atomic E-state index is 0.971. The van der Waals surface area contributed by atoms with Gasteiger partial charge in [0.25, 0.3) is 0 Å². The van der Waals surface area contributed by atoms with Gasteiger partial charge in [0.1, 0.15) is 11.2 Å². The van der Waals surface area contributed by atoms with Gasteiger partial charge in [-0.05, 0) is 29.5 Å². The van der Waals surface area contributed by atoms with Gasteiger partial charge in [-0.3, -0.25) is 0 Å². The van der Waals surface area contributed by atoms with Crippen molar-refractivity contribution in [2.75, 3.05) is 0 Å². The molecule has 1 heteroatoms. The summed E-state index contributed by atoms with van der Waals surface area (Å²) < 4.78 is 6.41. The second-order valence-electron chi connectivity index (χ2n) is 6.26. The van der Waals surface area contributed by atoms with Gasteiger partial charge >= 0.3 is 0 Å². The van der Waals surface area contributed by atoms with Crippen LogP contribution in [0.2, 0.25) is 0 Å². The molecule has 0 saturated heterocycles. The first-order chi connectivity index (χ1) is 11.8. The monoisotopic (exact) mass is 308 g/mol. The summed E-state index contributed by atoms with van der Waals surface area (Å²) in [5, 5.41) is 4.74. The molecule has 4 aromatic carbocycles. The molecule has 114 valence electrons. The maximum atomic E-state index is 6.41. The van der Waals surface area contributed by atoms with Crippen molar-refractivity contribution >= 4 is 32.7 Å². The first-order valence-electron chi connectivity index (χ1n) is 8.22. The van der Waals surface area contributed by atoms with E-state index in [-0.39, 0.29) is 0 Å². The molecule has 0 amide bonds. The van der Waals surface area contributed by atoms with Crippen LogP contribution in [0.25, 0.3) is 43.8 Å². The Bertz CT molecular complexity index is 1210. The van der Waals surface area contributed by atoms with Crippen LogP contribution in [0.1, 0.15) is 5.56 Å². The minimum Gasteiger partial charge on any atom is -0.455 e. The third-order valence-corrected chi connectivity index (χ3v) is 4.82. The summed E-state index contributed by atoms with van der Waals surface area (Å²) in [6.07, 6.45) is 0. The van der Waals surface area contributed by atoms with Crippen molar-refractivity contribution in [2.45, 2.75) is 6.92 Å². The first-order valence-corrected chi connectivity index (χ1v) is 8.22. The fraction of sp³-hybridized carbons (Fsp3) is 0.0435. The van der Waals surface area contributed by atoms with Crippen LogP contribution in [-0.2, 0) is 0 Å². The molecule has 0 radical (unpaired) electrons. The van der Waals surface area contributed by atoms with Gasteiger partial charge in [0.2, 0.25) is 0 Å². The van der Waals surface area contributed by atoms with Gasteiger partial charge in [-0.1, -0.05) is 72.8 Å². The normalized spacial score (nSPS) is 11.5. The maximum Gasteiger partial charge on any atom is 0.143 e. The summed E-state index contributed by atoms with van der Waals surface area (Å²) in [4.78, 5) is 0. The number of furan rings is 1. The van der Waals surface area contributed by atoms with E-state index in [1.54, 1.807) is 0 Å². The molecule has 1 nitrogen and oxygen atoms in total. The Kier molecular flexibility index (Phi) is 2.77. The van der Waals surface area contributed by atoms with Gasteiger partial charge in [-0.15, -0.1) is 0 Å². The van der Waals surface area contributed by atoms with Crippen molar-refractivity contribution in [1.82, 2.24) is 0 Å². The molecule has 0 N–H and O–H groups in total. The molecule has 0 aliphatic carbocycles. The quantitative estimate of drug-likeness (QED) is 0.335. The molecule has 5 aromatic rings. The number of hydrogen-bond donors (Lipinski definition) is 0. The molecule has 1 heterocycles. The summed E-state index contributed by atoms with van der Waals surface area (Å²) in [5.74, 6) is 0. The van der Waals surface area contributed by atoms with Crippen molar-refractivity contribution in [3.05, 3.63) is 84.4 Å². The second-order valence-corrected chi connectivity index (χ2v) is 6.26. The first kappa shape index (κ1) is 13.4. The van der Waals surface area contributed by atoms with Gasteiger partial charge < -0.3 is 4.42 Å². The molecule has 0 spiro atoms. The zero-order valence-corrected chi connectivity index (χ0v) is 13.4. The molecule has 1 aromatic heterocycles. The molecule has 0 saturated carbocycles. The molecule has 0 aliphatic rings. The van der Waals surface area contributed by atoms with Crippen molar-refractivity contribution in [1.29, 1.82) is 0 Å². The maximum absolute atomic E-state index is 6.41. The van der Waals surface area contributed by atoms with Gasteiger partial charge in [0, 0.05) is 21.7 Å². The molecule has 0 fully saturated rings. The van der Waals surface area contributed by atoms with Crippen LogP contribution >= 0.6 is 0 Å². The molecular formula is C23H16O. The summed E-state index contributed by atoms with van der Waals surface area (Å²) in [7, 11) is 0. The number of aryl methyl sites for hydroxylation is 1. The Hall–Kier alpha value is -3.06. The Morgan fingerprint density at radius 2 is 1.25 bits per heavy atom. The lowest BCUT2D eigenvalue weighted by Gasteiger charge is -2.06. The largest absolute Gasteiger partial charge is 0.455 e. The molecule has 24 heavy (non-hydrogen) atoms. The average Bonchev–Trinajstić information content (AvgIpc) is 3.01. The SMILES string of the molecule is Cc1ccccc1-c1cccc2c1oc1c3ccccc3ccc21. The van der Waals surface area contributed by atoms with Crippen molar-refractivity contribution in [2.24, 2.45) is 0 Å². The summed E-state index contributed by atoms with van der Waals surface area (Å²) in [5.41, 5.74) is 5.59. The number of hydrogen-bond acceptors (Lipinski definition) is 1. The second kappa shape index (κ2) is 4.97. The standard InChI is InChI=1S/C23H16O/c1-15-7-2-4-9-17(15)19-11-6-12-20-21-14-13-16-8-3-5-10-18(16)22(21)24-23(19)20/h2-14H,1H3. The van der Waals surface area contributed by atoms with E-state index in [0.29, 0.717) is 0 Å². The lowest BCUT2D eigenvalue weighted by molar-refractivity contribution is 0.673. The summed E-state index contributed by atoms with van der Waals surface area (Å²) in [6, 6.07) is 27.6. The number of fused-ring (bicyclic) bond motifs is 5. The lowest BCUT2D eigenvalue weighted by atomic mass is 9.98. The van der Waals surface area contributed by atoms with Crippen molar-refractivity contribution in [3.8, 4) is 11.1 Å². The van der Waals surface area contributed by atoms with E-state index in [1.165, 1.54) is 32.7 Å². The third-order valence-electron chi connectivity index (χ3n) is 4.82. The molecule has 0 unspecified atom stereocenters. The van der Waals surface area contributed by atoms with E-state index < -0.39 is 0 Å². The Labute approximate surface area is 140 Å². The zero-order valence-electron chi connectivity index (χ0n) is 13.4. The van der Waals surface area contributed by atoms with E-state index in [2.05, 4.69) is 85.8 Å². The van der Waals surface area contributed by atoms with Gasteiger partial charge in [0.15, 0.2) is 0 Å². The van der Waals surface area contributed by atoms with E-state index in [4.69, 9.17) is 4.42 Å². The highest BCUT2D eigenvalue weighted by Gasteiger charge is 2.14. The third kappa shape index (κ3) is 1.82. The molecular weight excluding hydrogens is 292 g/mol. The Morgan fingerprint density at radius 3 is 2.17 bits per heavy atom. The van der Waals surface area contributed by atoms with E-state index in [9.17, 15) is 0 Å². The van der Waals surface area contributed by atoms with Crippen LogP contribution in [0, 0.1) is 6.92 Å².